The largest absolute Gasteiger partial charge is 0.431 e. The van der Waals surface area contributed by atoms with Crippen molar-refractivity contribution in [1.29, 1.82) is 0 Å². The Kier molecular flexibility index (Phi) is 4.44. The molecule has 34 heavy (non-hydrogen) atoms. The van der Waals surface area contributed by atoms with E-state index in [1.807, 2.05) is 13.0 Å². The number of imidazole rings is 1. The third-order valence-corrected chi connectivity index (χ3v) is 5.73. The number of nitrogens with zero attached hydrogens (tertiary/aromatic N) is 3. The van der Waals surface area contributed by atoms with Gasteiger partial charge < -0.3 is 24.2 Å². The van der Waals surface area contributed by atoms with Gasteiger partial charge in [0.2, 0.25) is 23.4 Å². The maximum Gasteiger partial charge on any atom is 0.323 e. The second-order valence-corrected chi connectivity index (χ2v) is 8.14. The summed E-state index contributed by atoms with van der Waals surface area (Å²) >= 11 is 0. The summed E-state index contributed by atoms with van der Waals surface area (Å²) in [5, 5.41) is 6.74. The first-order valence-electron chi connectivity index (χ1n) is 10.5. The van der Waals surface area contributed by atoms with Crippen LogP contribution in [0.3, 0.4) is 0 Å². The molecule has 2 aromatic carbocycles. The normalized spacial score (nSPS) is 17.2. The lowest BCUT2D eigenvalue weighted by atomic mass is 10.1. The molecular weight excluding hydrogens is 443 g/mol. The van der Waals surface area contributed by atoms with Gasteiger partial charge in [-0.3, -0.25) is 4.79 Å². The van der Waals surface area contributed by atoms with Crippen LogP contribution in [0, 0.1) is 6.92 Å². The van der Waals surface area contributed by atoms with Gasteiger partial charge in [-0.1, -0.05) is 23.4 Å². The SMILES string of the molecule is Cc1ccc(-c2noc([C@H]3C[C@@H]3F)n2)cc1NC(=O)c1cnc(-c2cccc3[nH]c(=O)[nH]c23)o1. The molecule has 11 heteroatoms. The average Bonchev–Trinajstić information content (AvgIpc) is 3.26. The molecule has 1 aliphatic carbocycles. The van der Waals surface area contributed by atoms with Crippen molar-refractivity contribution in [2.75, 3.05) is 5.32 Å². The van der Waals surface area contributed by atoms with E-state index in [4.69, 9.17) is 8.94 Å². The fraction of sp³-hybridized carbons (Fsp3) is 0.174. The highest BCUT2D eigenvalue weighted by Gasteiger charge is 2.43. The number of fused-ring (bicyclic) bond motifs is 1. The first-order chi connectivity index (χ1) is 16.5. The highest BCUT2D eigenvalue weighted by molar-refractivity contribution is 6.03. The molecule has 0 bridgehead atoms. The number of aromatic nitrogens is 5. The lowest BCUT2D eigenvalue weighted by Crippen LogP contribution is -2.12. The molecular formula is C23H17FN6O4. The first-order valence-corrected chi connectivity index (χ1v) is 10.5. The zero-order valence-electron chi connectivity index (χ0n) is 17.8. The highest BCUT2D eigenvalue weighted by Crippen LogP contribution is 2.43. The van der Waals surface area contributed by atoms with Crippen molar-refractivity contribution in [3.63, 3.8) is 0 Å². The van der Waals surface area contributed by atoms with Crippen LogP contribution in [0.2, 0.25) is 0 Å². The van der Waals surface area contributed by atoms with E-state index in [9.17, 15) is 14.0 Å². The van der Waals surface area contributed by atoms with E-state index >= 15 is 0 Å². The molecule has 3 aromatic heterocycles. The van der Waals surface area contributed by atoms with Crippen LogP contribution < -0.4 is 11.0 Å². The Balaban J connectivity index is 1.25. The van der Waals surface area contributed by atoms with Crippen molar-refractivity contribution in [3.8, 4) is 22.8 Å². The van der Waals surface area contributed by atoms with Gasteiger partial charge in [0, 0.05) is 11.3 Å². The zero-order chi connectivity index (χ0) is 23.4. The third-order valence-electron chi connectivity index (χ3n) is 5.73. The van der Waals surface area contributed by atoms with E-state index < -0.39 is 12.1 Å². The number of halogens is 1. The predicted molar refractivity (Wildman–Crippen MR) is 119 cm³/mol. The molecule has 0 unspecified atom stereocenters. The number of nitrogens with one attached hydrogen (secondary N) is 3. The van der Waals surface area contributed by atoms with E-state index in [0.717, 1.165) is 5.56 Å². The fourth-order valence-corrected chi connectivity index (χ4v) is 3.74. The van der Waals surface area contributed by atoms with Crippen LogP contribution in [0.15, 0.2) is 56.3 Å². The number of anilines is 1. The van der Waals surface area contributed by atoms with Crippen molar-refractivity contribution < 1.29 is 18.1 Å². The van der Waals surface area contributed by atoms with Crippen molar-refractivity contribution >= 4 is 22.6 Å². The standard InChI is InChI=1S/C23H17FN6O4/c1-10-5-6-11(19-29-22(34-30-19)13-8-14(13)24)7-16(10)26-20(31)17-9-25-21(33-17)12-3-2-4-15-18(12)28-23(32)27-15/h2-7,9,13-14H,8H2,1H3,(H,26,31)(H2,27,28,32)/t13-,14-/m0/s1. The number of rotatable bonds is 5. The highest BCUT2D eigenvalue weighted by atomic mass is 19.1. The summed E-state index contributed by atoms with van der Waals surface area (Å²) in [6, 6.07) is 10.6. The number of carbonyl (C=O) groups excluding carboxylic acids is 1. The van der Waals surface area contributed by atoms with Crippen LogP contribution in [-0.4, -0.2) is 37.2 Å². The van der Waals surface area contributed by atoms with Gasteiger partial charge in [0.15, 0.2) is 0 Å². The number of para-hydroxylation sites is 1. The maximum atomic E-state index is 13.3. The Labute approximate surface area is 190 Å². The molecule has 1 aliphatic rings. The van der Waals surface area contributed by atoms with Crippen LogP contribution in [-0.2, 0) is 0 Å². The minimum absolute atomic E-state index is 0.000688. The quantitative estimate of drug-likeness (QED) is 0.360. The van der Waals surface area contributed by atoms with E-state index in [1.165, 1.54) is 6.20 Å². The lowest BCUT2D eigenvalue weighted by Gasteiger charge is -2.08. The second-order valence-electron chi connectivity index (χ2n) is 8.14. The van der Waals surface area contributed by atoms with E-state index in [1.54, 1.807) is 30.3 Å². The average molecular weight is 460 g/mol. The van der Waals surface area contributed by atoms with Crippen LogP contribution in [0.25, 0.3) is 33.9 Å². The summed E-state index contributed by atoms with van der Waals surface area (Å²) in [7, 11) is 0. The van der Waals surface area contributed by atoms with Crippen molar-refractivity contribution in [3.05, 3.63) is 70.3 Å². The third kappa shape index (κ3) is 3.47. The molecule has 0 radical (unpaired) electrons. The second kappa shape index (κ2) is 7.51. The molecule has 0 spiro atoms. The number of alkyl halides is 1. The van der Waals surface area contributed by atoms with Gasteiger partial charge in [0.25, 0.3) is 5.91 Å². The number of aromatic amines is 2. The summed E-state index contributed by atoms with van der Waals surface area (Å²) in [5.41, 5.74) is 3.29. The fourth-order valence-electron chi connectivity index (χ4n) is 3.74. The molecule has 0 saturated heterocycles. The molecule has 1 amide bonds. The Bertz CT molecular complexity index is 1610. The van der Waals surface area contributed by atoms with Gasteiger partial charge in [-0.2, -0.15) is 4.98 Å². The van der Waals surface area contributed by atoms with Gasteiger partial charge in [0.05, 0.1) is 28.7 Å². The Morgan fingerprint density at radius 3 is 2.91 bits per heavy atom. The molecule has 0 aliphatic heterocycles. The molecule has 1 fully saturated rings. The maximum absolute atomic E-state index is 13.3. The first kappa shape index (κ1) is 20.1. The summed E-state index contributed by atoms with van der Waals surface area (Å²) in [4.78, 5) is 38.4. The number of aryl methyl sites for hydroxylation is 1. The monoisotopic (exact) mass is 460 g/mol. The minimum Gasteiger partial charge on any atom is -0.431 e. The molecule has 170 valence electrons. The van der Waals surface area contributed by atoms with Crippen LogP contribution >= 0.6 is 0 Å². The summed E-state index contributed by atoms with van der Waals surface area (Å²) in [6.07, 6.45) is 0.782. The number of carbonyl (C=O) groups is 1. The number of H-pyrrole nitrogens is 2. The molecule has 3 N–H and O–H groups in total. The number of hydrogen-bond donors (Lipinski definition) is 3. The number of hydrogen-bond acceptors (Lipinski definition) is 7. The van der Waals surface area contributed by atoms with Gasteiger partial charge in [-0.05, 0) is 37.1 Å². The topological polar surface area (TPSA) is 143 Å². The molecule has 3 heterocycles. The Morgan fingerprint density at radius 1 is 1.24 bits per heavy atom. The van der Waals surface area contributed by atoms with Crippen LogP contribution in [0.4, 0.5) is 10.1 Å². The van der Waals surface area contributed by atoms with E-state index in [0.29, 0.717) is 40.1 Å². The number of oxazole rings is 1. The lowest BCUT2D eigenvalue weighted by molar-refractivity contribution is 0.0997. The van der Waals surface area contributed by atoms with E-state index in [2.05, 4.69) is 30.4 Å². The smallest absolute Gasteiger partial charge is 0.323 e. The Morgan fingerprint density at radius 2 is 2.09 bits per heavy atom. The summed E-state index contributed by atoms with van der Waals surface area (Å²) in [6.45, 7) is 1.84. The molecule has 5 aromatic rings. The van der Waals surface area contributed by atoms with E-state index in [-0.39, 0.29) is 29.1 Å². The molecule has 1 saturated carbocycles. The molecule has 10 nitrogen and oxygen atoms in total. The Hall–Kier alpha value is -4.54. The van der Waals surface area contributed by atoms with Crippen molar-refractivity contribution in [2.24, 2.45) is 0 Å². The summed E-state index contributed by atoms with van der Waals surface area (Å²) in [5.74, 6) is -0.0367. The summed E-state index contributed by atoms with van der Waals surface area (Å²) < 4.78 is 24.1. The minimum atomic E-state index is -0.933. The number of benzene rings is 2. The van der Waals surface area contributed by atoms with Gasteiger partial charge in [-0.15, -0.1) is 0 Å². The van der Waals surface area contributed by atoms with Crippen molar-refractivity contribution in [2.45, 2.75) is 25.4 Å². The number of amides is 1. The van der Waals surface area contributed by atoms with Crippen LogP contribution in [0.5, 0.6) is 0 Å². The van der Waals surface area contributed by atoms with Crippen LogP contribution in [0.1, 0.15) is 34.3 Å². The zero-order valence-corrected chi connectivity index (χ0v) is 17.8. The molecule has 2 atom stereocenters. The van der Waals surface area contributed by atoms with Gasteiger partial charge in [-0.25, -0.2) is 14.2 Å². The van der Waals surface area contributed by atoms with Crippen molar-refractivity contribution in [1.82, 2.24) is 25.1 Å². The molecule has 6 rings (SSSR count). The predicted octanol–water partition coefficient (Wildman–Crippen LogP) is 3.95. The van der Waals surface area contributed by atoms with Gasteiger partial charge >= 0.3 is 5.69 Å². The van der Waals surface area contributed by atoms with Gasteiger partial charge in [0.1, 0.15) is 6.17 Å².